The van der Waals surface area contributed by atoms with E-state index in [9.17, 15) is 9.18 Å². The molecule has 0 bridgehead atoms. The van der Waals surface area contributed by atoms with E-state index >= 15 is 0 Å². The first-order valence-corrected chi connectivity index (χ1v) is 7.58. The van der Waals surface area contributed by atoms with Crippen LogP contribution in [0.5, 0.6) is 0 Å². The van der Waals surface area contributed by atoms with E-state index in [1.54, 1.807) is 36.6 Å². The van der Waals surface area contributed by atoms with E-state index < -0.39 is 11.9 Å². The van der Waals surface area contributed by atoms with Crippen LogP contribution in [0.15, 0.2) is 30.9 Å². The molecule has 2 heterocycles. The van der Waals surface area contributed by atoms with E-state index in [0.29, 0.717) is 22.5 Å². The summed E-state index contributed by atoms with van der Waals surface area (Å²) in [4.78, 5) is 26.5. The van der Waals surface area contributed by atoms with Crippen LogP contribution >= 0.6 is 0 Å². The fourth-order valence-electron chi connectivity index (χ4n) is 2.43. The molecule has 1 unspecified atom stereocenters. The Bertz CT molecular complexity index is 937. The molecule has 25 heavy (non-hydrogen) atoms. The van der Waals surface area contributed by atoms with Crippen LogP contribution in [-0.4, -0.2) is 39.5 Å². The molecule has 1 atom stereocenters. The number of halogens is 1. The number of carbonyl (C=O) groups excluding carboxylic acids is 1. The summed E-state index contributed by atoms with van der Waals surface area (Å²) < 4.78 is 15.3. The molecule has 8 nitrogen and oxygen atoms in total. The lowest BCUT2D eigenvalue weighted by Crippen LogP contribution is -2.23. The lowest BCUT2D eigenvalue weighted by Gasteiger charge is -2.17. The molecule has 1 aromatic carbocycles. The van der Waals surface area contributed by atoms with Gasteiger partial charge in [0.1, 0.15) is 23.7 Å². The molecule has 0 saturated carbocycles. The second-order valence-electron chi connectivity index (χ2n) is 5.84. The van der Waals surface area contributed by atoms with Gasteiger partial charge in [-0.15, -0.1) is 0 Å². The Morgan fingerprint density at radius 2 is 2.04 bits per heavy atom. The van der Waals surface area contributed by atoms with Crippen molar-refractivity contribution in [3.8, 4) is 0 Å². The number of fused-ring (bicyclic) bond motifs is 1. The van der Waals surface area contributed by atoms with E-state index in [-0.39, 0.29) is 11.7 Å². The first-order chi connectivity index (χ1) is 11.9. The summed E-state index contributed by atoms with van der Waals surface area (Å²) in [7, 11) is 3.59. The average Bonchev–Trinajstić information content (AvgIpc) is 2.99. The maximum absolute atomic E-state index is 13.7. The topological polar surface area (TPSA) is 102 Å². The maximum atomic E-state index is 13.7. The number of hydrogen-bond acceptors (Lipinski definition) is 6. The molecule has 2 aromatic heterocycles. The minimum absolute atomic E-state index is 0.247. The molecule has 3 aromatic rings. The van der Waals surface area contributed by atoms with Crippen molar-refractivity contribution in [1.82, 2.24) is 19.5 Å². The van der Waals surface area contributed by atoms with Gasteiger partial charge >= 0.3 is 0 Å². The number of hydrogen-bond donors (Lipinski definition) is 2. The van der Waals surface area contributed by atoms with Crippen LogP contribution in [0, 0.1) is 5.82 Å². The Morgan fingerprint density at radius 3 is 2.76 bits per heavy atom. The van der Waals surface area contributed by atoms with Crippen molar-refractivity contribution in [2.45, 2.75) is 13.0 Å². The van der Waals surface area contributed by atoms with E-state index in [2.05, 4.69) is 20.3 Å². The Hall–Kier alpha value is -3.23. The molecule has 0 spiro atoms. The molecular weight excluding hydrogens is 325 g/mol. The van der Waals surface area contributed by atoms with Crippen molar-refractivity contribution in [2.75, 3.05) is 30.0 Å². The summed E-state index contributed by atoms with van der Waals surface area (Å²) in [5.41, 5.74) is 7.68. The molecular formula is C16H18FN7O. The zero-order valence-corrected chi connectivity index (χ0v) is 14.1. The molecule has 0 aliphatic heterocycles. The zero-order chi connectivity index (χ0) is 18.1. The molecule has 0 radical (unpaired) electrons. The number of imidazole rings is 1. The third-order valence-electron chi connectivity index (χ3n) is 3.85. The largest absolute Gasteiger partial charge is 0.382 e. The van der Waals surface area contributed by atoms with Gasteiger partial charge in [-0.3, -0.25) is 4.79 Å². The van der Waals surface area contributed by atoms with E-state index in [4.69, 9.17) is 5.73 Å². The van der Waals surface area contributed by atoms with Gasteiger partial charge in [-0.1, -0.05) is 0 Å². The van der Waals surface area contributed by atoms with Crippen LogP contribution in [0.4, 0.5) is 21.6 Å². The van der Waals surface area contributed by atoms with Crippen molar-refractivity contribution in [2.24, 2.45) is 0 Å². The first-order valence-electron chi connectivity index (χ1n) is 7.58. The molecule has 0 fully saturated rings. The summed E-state index contributed by atoms with van der Waals surface area (Å²) in [5.74, 6) is -0.508. The average molecular weight is 343 g/mol. The fourth-order valence-corrected chi connectivity index (χ4v) is 2.43. The van der Waals surface area contributed by atoms with Gasteiger partial charge in [0.15, 0.2) is 11.5 Å². The van der Waals surface area contributed by atoms with Crippen molar-refractivity contribution in [3.63, 3.8) is 0 Å². The summed E-state index contributed by atoms with van der Waals surface area (Å²) in [5, 5.41) is 2.72. The van der Waals surface area contributed by atoms with Crippen molar-refractivity contribution < 1.29 is 9.18 Å². The van der Waals surface area contributed by atoms with E-state index in [1.165, 1.54) is 24.8 Å². The van der Waals surface area contributed by atoms with Gasteiger partial charge in [0.2, 0.25) is 5.91 Å². The second-order valence-corrected chi connectivity index (χ2v) is 5.84. The lowest BCUT2D eigenvalue weighted by molar-refractivity contribution is -0.118. The Labute approximate surface area is 143 Å². The van der Waals surface area contributed by atoms with E-state index in [1.807, 2.05) is 0 Å². The quantitative estimate of drug-likeness (QED) is 0.749. The minimum atomic E-state index is -0.620. The summed E-state index contributed by atoms with van der Waals surface area (Å²) in [6.45, 7) is 1.70. The number of amides is 1. The van der Waals surface area contributed by atoms with Crippen molar-refractivity contribution in [1.29, 1.82) is 0 Å². The van der Waals surface area contributed by atoms with Crippen LogP contribution in [0.1, 0.15) is 13.0 Å². The highest BCUT2D eigenvalue weighted by atomic mass is 19.1. The van der Waals surface area contributed by atoms with Crippen LogP contribution < -0.4 is 16.0 Å². The molecule has 0 aliphatic rings. The number of carbonyl (C=O) groups is 1. The lowest BCUT2D eigenvalue weighted by atomic mass is 10.2. The highest BCUT2D eigenvalue weighted by Crippen LogP contribution is 2.23. The standard InChI is InChI=1S/C16H18FN7O/c1-9(24-8-21-13-14(18)19-7-20-15(13)24)16(25)22-11-4-10(17)5-12(6-11)23(2)3/h4-9H,1-3H3,(H,22,25)(H2,18,19,20). The number of benzene rings is 1. The van der Waals surface area contributed by atoms with Gasteiger partial charge in [-0.2, -0.15) is 0 Å². The van der Waals surface area contributed by atoms with Gasteiger partial charge < -0.3 is 20.5 Å². The molecule has 0 aliphatic carbocycles. The first kappa shape index (κ1) is 16.6. The molecule has 3 N–H and O–H groups in total. The van der Waals surface area contributed by atoms with Crippen molar-refractivity contribution >= 4 is 34.3 Å². The van der Waals surface area contributed by atoms with Gasteiger partial charge in [0, 0.05) is 25.5 Å². The number of nitrogen functional groups attached to an aromatic ring is 1. The third-order valence-corrected chi connectivity index (χ3v) is 3.85. The summed E-state index contributed by atoms with van der Waals surface area (Å²) in [6.07, 6.45) is 2.80. The predicted molar refractivity (Wildman–Crippen MR) is 93.8 cm³/mol. The van der Waals surface area contributed by atoms with Crippen LogP contribution in [0.2, 0.25) is 0 Å². The Morgan fingerprint density at radius 1 is 1.28 bits per heavy atom. The van der Waals surface area contributed by atoms with Crippen LogP contribution in [0.3, 0.4) is 0 Å². The Kier molecular flexibility index (Phi) is 4.22. The molecule has 1 amide bonds. The second kappa shape index (κ2) is 6.34. The van der Waals surface area contributed by atoms with Crippen LogP contribution in [-0.2, 0) is 4.79 Å². The number of rotatable bonds is 4. The van der Waals surface area contributed by atoms with Gasteiger partial charge in [-0.25, -0.2) is 19.3 Å². The number of nitrogens with one attached hydrogen (secondary N) is 1. The molecule has 130 valence electrons. The monoisotopic (exact) mass is 343 g/mol. The number of anilines is 3. The number of nitrogens with zero attached hydrogens (tertiary/aromatic N) is 5. The number of aromatic nitrogens is 4. The van der Waals surface area contributed by atoms with Gasteiger partial charge in [-0.05, 0) is 25.1 Å². The maximum Gasteiger partial charge on any atom is 0.247 e. The van der Waals surface area contributed by atoms with Crippen LogP contribution in [0.25, 0.3) is 11.2 Å². The predicted octanol–water partition coefficient (Wildman–Crippen LogP) is 1.81. The van der Waals surface area contributed by atoms with E-state index in [0.717, 1.165) is 0 Å². The normalized spacial score (nSPS) is 12.2. The fraction of sp³-hybridized carbons (Fsp3) is 0.250. The summed E-state index contributed by atoms with van der Waals surface area (Å²) >= 11 is 0. The molecule has 0 saturated heterocycles. The Balaban J connectivity index is 1.87. The van der Waals surface area contributed by atoms with Gasteiger partial charge in [0.25, 0.3) is 0 Å². The minimum Gasteiger partial charge on any atom is -0.382 e. The smallest absolute Gasteiger partial charge is 0.247 e. The van der Waals surface area contributed by atoms with Crippen molar-refractivity contribution in [3.05, 3.63) is 36.7 Å². The molecule has 3 rings (SSSR count). The highest BCUT2D eigenvalue weighted by Gasteiger charge is 2.19. The SMILES string of the molecule is CC(C(=O)Nc1cc(F)cc(N(C)C)c1)n1cnc2c(N)ncnc21. The highest BCUT2D eigenvalue weighted by molar-refractivity contribution is 5.95. The van der Waals surface area contributed by atoms with Gasteiger partial charge in [0.05, 0.1) is 6.33 Å². The third kappa shape index (κ3) is 3.21. The number of nitrogens with two attached hydrogens (primary N) is 1. The zero-order valence-electron chi connectivity index (χ0n) is 14.1. The molecule has 9 heteroatoms. The summed E-state index contributed by atoms with van der Waals surface area (Å²) in [6, 6.07) is 3.73.